The normalized spacial score (nSPS) is 26.9. The van der Waals surface area contributed by atoms with Gasteiger partial charge in [-0.25, -0.2) is 0 Å². The van der Waals surface area contributed by atoms with Crippen LogP contribution in [0.1, 0.15) is 32.1 Å². The van der Waals surface area contributed by atoms with Crippen LogP contribution in [0.15, 0.2) is 4.99 Å². The molecule has 24 heavy (non-hydrogen) atoms. The van der Waals surface area contributed by atoms with Crippen molar-refractivity contribution < 1.29 is 4.74 Å². The minimum absolute atomic E-state index is 0. The highest BCUT2D eigenvalue weighted by Crippen LogP contribution is 2.31. The number of nitrogens with zero attached hydrogens (tertiary/aromatic N) is 4. The number of rotatable bonds is 3. The van der Waals surface area contributed by atoms with Crippen LogP contribution in [0.4, 0.5) is 0 Å². The van der Waals surface area contributed by atoms with Crippen LogP contribution in [0.25, 0.3) is 0 Å². The maximum atomic E-state index is 6.27. The van der Waals surface area contributed by atoms with Gasteiger partial charge in [-0.3, -0.25) is 9.89 Å². The summed E-state index contributed by atoms with van der Waals surface area (Å²) < 4.78 is 5.41. The molecule has 0 aromatic heterocycles. The van der Waals surface area contributed by atoms with E-state index >= 15 is 0 Å². The summed E-state index contributed by atoms with van der Waals surface area (Å²) in [7, 11) is 2.23. The maximum absolute atomic E-state index is 6.27. The largest absolute Gasteiger partial charge is 0.378 e. The molecule has 3 aliphatic rings. The lowest BCUT2D eigenvalue weighted by Gasteiger charge is -2.49. The van der Waals surface area contributed by atoms with Crippen LogP contribution in [0, 0.1) is 0 Å². The summed E-state index contributed by atoms with van der Waals surface area (Å²) in [6, 6.07) is 0. The van der Waals surface area contributed by atoms with Gasteiger partial charge in [-0.05, 0) is 58.9 Å². The van der Waals surface area contributed by atoms with Crippen LogP contribution in [0.5, 0.6) is 0 Å². The van der Waals surface area contributed by atoms with E-state index in [1.54, 1.807) is 0 Å². The van der Waals surface area contributed by atoms with Crippen molar-refractivity contribution in [3.05, 3.63) is 0 Å². The van der Waals surface area contributed by atoms with E-state index in [9.17, 15) is 0 Å². The summed E-state index contributed by atoms with van der Waals surface area (Å²) >= 11 is 0. The number of aliphatic imine (C=N–C) groups is 1. The number of piperidine rings is 2. The van der Waals surface area contributed by atoms with Crippen LogP contribution in [0.2, 0.25) is 0 Å². The fraction of sp³-hybridized carbons (Fsp3) is 0.941. The molecule has 0 amide bonds. The molecule has 0 saturated carbocycles. The number of morpholine rings is 1. The van der Waals surface area contributed by atoms with Crippen LogP contribution in [-0.2, 0) is 4.74 Å². The molecule has 0 unspecified atom stereocenters. The van der Waals surface area contributed by atoms with Crippen molar-refractivity contribution in [2.45, 2.75) is 37.6 Å². The lowest BCUT2D eigenvalue weighted by Crippen LogP contribution is -2.58. The molecule has 140 valence electrons. The zero-order valence-corrected chi connectivity index (χ0v) is 17.4. The van der Waals surface area contributed by atoms with E-state index in [1.165, 1.54) is 58.3 Å². The SMILES string of the molecule is CN1CCC(CN=C(N)N2CCOCC2)(N2CCCCC2)CC1.I. The fourth-order valence-electron chi connectivity index (χ4n) is 4.10. The highest BCUT2D eigenvalue weighted by atomic mass is 127. The number of likely N-dealkylation sites (tertiary alicyclic amines) is 2. The van der Waals surface area contributed by atoms with Gasteiger partial charge in [0.2, 0.25) is 0 Å². The van der Waals surface area contributed by atoms with Crippen molar-refractivity contribution in [1.82, 2.24) is 14.7 Å². The monoisotopic (exact) mass is 451 g/mol. The Morgan fingerprint density at radius 1 is 1.00 bits per heavy atom. The molecule has 0 radical (unpaired) electrons. The lowest BCUT2D eigenvalue weighted by molar-refractivity contribution is 0.0203. The van der Waals surface area contributed by atoms with E-state index in [2.05, 4.69) is 21.7 Å². The van der Waals surface area contributed by atoms with Crippen LogP contribution >= 0.6 is 24.0 Å². The Labute approximate surface area is 163 Å². The second-order valence-corrected chi connectivity index (χ2v) is 7.35. The van der Waals surface area contributed by atoms with E-state index in [0.717, 1.165) is 32.8 Å². The third-order valence-electron chi connectivity index (χ3n) is 5.82. The minimum Gasteiger partial charge on any atom is -0.378 e. The van der Waals surface area contributed by atoms with Crippen molar-refractivity contribution in [2.24, 2.45) is 10.7 Å². The third kappa shape index (κ3) is 4.95. The van der Waals surface area contributed by atoms with Gasteiger partial charge in [0.25, 0.3) is 0 Å². The van der Waals surface area contributed by atoms with E-state index in [4.69, 9.17) is 15.5 Å². The Balaban J connectivity index is 0.00000208. The van der Waals surface area contributed by atoms with Crippen molar-refractivity contribution in [2.75, 3.05) is 66.1 Å². The summed E-state index contributed by atoms with van der Waals surface area (Å²) in [4.78, 5) is 12.2. The van der Waals surface area contributed by atoms with E-state index in [0.29, 0.717) is 5.96 Å². The van der Waals surface area contributed by atoms with Crippen molar-refractivity contribution in [3.63, 3.8) is 0 Å². The number of hydrogen-bond acceptors (Lipinski definition) is 4. The first kappa shape index (κ1) is 20.2. The maximum Gasteiger partial charge on any atom is 0.191 e. The molecule has 3 saturated heterocycles. The Kier molecular flexibility index (Phi) is 8.03. The molecular formula is C17H34IN5O. The first-order chi connectivity index (χ1) is 11.2. The molecule has 0 aliphatic carbocycles. The quantitative estimate of drug-likeness (QED) is 0.397. The highest BCUT2D eigenvalue weighted by Gasteiger charge is 2.39. The van der Waals surface area contributed by atoms with Gasteiger partial charge < -0.3 is 20.3 Å². The molecule has 3 fully saturated rings. The number of halogens is 1. The van der Waals surface area contributed by atoms with E-state index in [-0.39, 0.29) is 29.5 Å². The van der Waals surface area contributed by atoms with Gasteiger partial charge >= 0.3 is 0 Å². The van der Waals surface area contributed by atoms with E-state index < -0.39 is 0 Å². The zero-order chi connectivity index (χ0) is 16.1. The molecule has 0 atom stereocenters. The molecule has 2 N–H and O–H groups in total. The molecule has 3 rings (SSSR count). The number of hydrogen-bond donors (Lipinski definition) is 1. The second kappa shape index (κ2) is 9.54. The Morgan fingerprint density at radius 3 is 2.25 bits per heavy atom. The number of guanidine groups is 1. The van der Waals surface area contributed by atoms with Crippen molar-refractivity contribution in [1.29, 1.82) is 0 Å². The standard InChI is InChI=1S/C17H33N5O.HI/c1-20-9-5-17(6-10-20,22-7-3-2-4-8-22)15-19-16(18)21-11-13-23-14-12-21;/h2-15H2,1H3,(H2,18,19);1H. The molecule has 3 heterocycles. The van der Waals surface area contributed by atoms with Gasteiger partial charge in [-0.1, -0.05) is 6.42 Å². The fourth-order valence-corrected chi connectivity index (χ4v) is 4.10. The van der Waals surface area contributed by atoms with E-state index in [1.807, 2.05) is 0 Å². The molecular weight excluding hydrogens is 417 g/mol. The average Bonchev–Trinajstić information content (AvgIpc) is 2.63. The highest BCUT2D eigenvalue weighted by molar-refractivity contribution is 14.0. The summed E-state index contributed by atoms with van der Waals surface area (Å²) in [6.45, 7) is 8.92. The van der Waals surface area contributed by atoms with Gasteiger partial charge in [0, 0.05) is 18.6 Å². The first-order valence-electron chi connectivity index (χ1n) is 9.26. The average molecular weight is 451 g/mol. The van der Waals surface area contributed by atoms with Gasteiger partial charge in [-0.15, -0.1) is 24.0 Å². The number of ether oxygens (including phenoxy) is 1. The zero-order valence-electron chi connectivity index (χ0n) is 15.1. The Hall–Kier alpha value is -0.120. The molecule has 0 spiro atoms. The predicted molar refractivity (Wildman–Crippen MR) is 109 cm³/mol. The molecule has 6 nitrogen and oxygen atoms in total. The van der Waals surface area contributed by atoms with Gasteiger partial charge in [0.1, 0.15) is 0 Å². The van der Waals surface area contributed by atoms with Crippen molar-refractivity contribution in [3.8, 4) is 0 Å². The topological polar surface area (TPSA) is 57.3 Å². The van der Waals surface area contributed by atoms with Gasteiger partial charge in [0.05, 0.1) is 19.8 Å². The predicted octanol–water partition coefficient (Wildman–Crippen LogP) is 1.20. The summed E-state index contributed by atoms with van der Waals surface area (Å²) in [6.07, 6.45) is 6.47. The van der Waals surface area contributed by atoms with Crippen LogP contribution < -0.4 is 5.73 Å². The molecule has 0 aromatic rings. The van der Waals surface area contributed by atoms with Crippen LogP contribution in [-0.4, -0.2) is 92.3 Å². The summed E-state index contributed by atoms with van der Waals surface area (Å²) in [5.41, 5.74) is 6.50. The number of nitrogens with two attached hydrogens (primary N) is 1. The first-order valence-corrected chi connectivity index (χ1v) is 9.26. The summed E-state index contributed by atoms with van der Waals surface area (Å²) in [5.74, 6) is 0.712. The third-order valence-corrected chi connectivity index (χ3v) is 5.82. The smallest absolute Gasteiger partial charge is 0.191 e. The molecule has 3 aliphatic heterocycles. The van der Waals surface area contributed by atoms with Crippen molar-refractivity contribution >= 4 is 29.9 Å². The Bertz CT molecular complexity index is 400. The lowest BCUT2D eigenvalue weighted by atomic mass is 9.84. The van der Waals surface area contributed by atoms with Gasteiger partial charge in [0.15, 0.2) is 5.96 Å². The van der Waals surface area contributed by atoms with Gasteiger partial charge in [-0.2, -0.15) is 0 Å². The second-order valence-electron chi connectivity index (χ2n) is 7.35. The minimum atomic E-state index is 0. The molecule has 7 heteroatoms. The molecule has 0 bridgehead atoms. The molecule has 0 aromatic carbocycles. The van der Waals surface area contributed by atoms with Crippen LogP contribution in [0.3, 0.4) is 0 Å². The summed E-state index contributed by atoms with van der Waals surface area (Å²) in [5, 5.41) is 0. The Morgan fingerprint density at radius 2 is 1.62 bits per heavy atom.